The fourth-order valence-electron chi connectivity index (χ4n) is 1.73. The van der Waals surface area contributed by atoms with Gasteiger partial charge in [-0.05, 0) is 34.1 Å². The molecule has 98 valence electrons. The number of nitrogens with one attached hydrogen (secondary N) is 1. The molecular weight excluding hydrogens is 312 g/mol. The van der Waals surface area contributed by atoms with E-state index in [-0.39, 0.29) is 11.5 Å². The van der Waals surface area contributed by atoms with Gasteiger partial charge in [0.2, 0.25) is 0 Å². The van der Waals surface area contributed by atoms with Crippen LogP contribution in [-0.4, -0.2) is 29.0 Å². The number of nitrogens with zero attached hydrogens (tertiary/aromatic N) is 1. The summed E-state index contributed by atoms with van der Waals surface area (Å²) in [5.74, 6) is -1.37. The Morgan fingerprint density at radius 1 is 1.32 bits per heavy atom. The summed E-state index contributed by atoms with van der Waals surface area (Å²) in [5, 5.41) is 9.12. The number of halogens is 1. The Bertz CT molecular complexity index is 636. The molecular formula is C13H11BrN2O3. The second kappa shape index (κ2) is 5.27. The molecule has 0 fully saturated rings. The summed E-state index contributed by atoms with van der Waals surface area (Å²) in [4.78, 5) is 27.5. The number of hydrogen-bond donors (Lipinski definition) is 2. The quantitative estimate of drug-likeness (QED) is 0.912. The van der Waals surface area contributed by atoms with Gasteiger partial charge in [-0.3, -0.25) is 4.79 Å². The minimum absolute atomic E-state index is 0.0870. The number of amides is 1. The van der Waals surface area contributed by atoms with Gasteiger partial charge in [-0.15, -0.1) is 0 Å². The molecule has 0 aliphatic rings. The van der Waals surface area contributed by atoms with Gasteiger partial charge >= 0.3 is 5.97 Å². The summed E-state index contributed by atoms with van der Waals surface area (Å²) in [6.45, 7) is 0. The Morgan fingerprint density at radius 3 is 2.58 bits per heavy atom. The van der Waals surface area contributed by atoms with Crippen molar-refractivity contribution in [1.82, 2.24) is 4.98 Å². The van der Waals surface area contributed by atoms with E-state index in [1.54, 1.807) is 37.5 Å². The predicted molar refractivity (Wildman–Crippen MR) is 74.6 cm³/mol. The molecule has 1 aromatic carbocycles. The molecule has 0 spiro atoms. The molecule has 1 aromatic heterocycles. The number of hydrogen-bond acceptors (Lipinski definition) is 2. The maximum atomic E-state index is 12.2. The zero-order valence-electron chi connectivity index (χ0n) is 10.1. The summed E-state index contributed by atoms with van der Waals surface area (Å²) in [5.41, 5.74) is 0.823. The van der Waals surface area contributed by atoms with Gasteiger partial charge in [0.1, 0.15) is 5.69 Å². The Morgan fingerprint density at radius 2 is 2.00 bits per heavy atom. The highest BCUT2D eigenvalue weighted by Crippen LogP contribution is 2.21. The lowest BCUT2D eigenvalue weighted by molar-refractivity contribution is 0.0697. The van der Waals surface area contributed by atoms with Crippen LogP contribution >= 0.6 is 15.9 Å². The first kappa shape index (κ1) is 13.4. The number of carboxylic acids is 1. The van der Waals surface area contributed by atoms with Gasteiger partial charge in [0, 0.05) is 17.7 Å². The minimum atomic E-state index is -1.07. The fourth-order valence-corrected chi connectivity index (χ4v) is 2.07. The van der Waals surface area contributed by atoms with Crippen LogP contribution in [0.4, 0.5) is 5.69 Å². The normalized spacial score (nSPS) is 10.2. The Labute approximate surface area is 118 Å². The van der Waals surface area contributed by atoms with Crippen LogP contribution in [0.25, 0.3) is 0 Å². The number of aromatic nitrogens is 1. The zero-order valence-corrected chi connectivity index (χ0v) is 11.6. The summed E-state index contributed by atoms with van der Waals surface area (Å²) in [6.07, 6.45) is 1.64. The smallest absolute Gasteiger partial charge is 0.337 e. The molecule has 2 N–H and O–H groups in total. The standard InChI is InChI=1S/C13H11BrN2O3/c1-16(12(17)10-6-8(14)7-15-10)11-5-3-2-4-9(11)13(18)19/h2-7,15H,1H3,(H,18,19). The lowest BCUT2D eigenvalue weighted by atomic mass is 10.1. The van der Waals surface area contributed by atoms with Crippen molar-refractivity contribution in [3.63, 3.8) is 0 Å². The van der Waals surface area contributed by atoms with Crippen LogP contribution in [0.2, 0.25) is 0 Å². The van der Waals surface area contributed by atoms with Gasteiger partial charge < -0.3 is 15.0 Å². The van der Waals surface area contributed by atoms with Crippen LogP contribution < -0.4 is 4.90 Å². The molecule has 6 heteroatoms. The van der Waals surface area contributed by atoms with Crippen LogP contribution in [0, 0.1) is 0 Å². The van der Waals surface area contributed by atoms with Crippen LogP contribution in [-0.2, 0) is 0 Å². The molecule has 5 nitrogen and oxygen atoms in total. The highest BCUT2D eigenvalue weighted by atomic mass is 79.9. The molecule has 0 aliphatic heterocycles. The first-order chi connectivity index (χ1) is 9.00. The number of aromatic carboxylic acids is 1. The number of anilines is 1. The van der Waals surface area contributed by atoms with E-state index >= 15 is 0 Å². The second-order valence-corrected chi connectivity index (χ2v) is 4.83. The summed E-state index contributed by atoms with van der Waals surface area (Å²) in [6, 6.07) is 8.01. The molecule has 0 aliphatic carbocycles. The van der Waals surface area contributed by atoms with Gasteiger partial charge in [0.15, 0.2) is 0 Å². The molecule has 1 heterocycles. The summed E-state index contributed by atoms with van der Waals surface area (Å²) in [7, 11) is 1.54. The minimum Gasteiger partial charge on any atom is -0.478 e. The number of carboxylic acid groups (broad SMARTS) is 1. The molecule has 1 amide bonds. The Balaban J connectivity index is 2.37. The maximum absolute atomic E-state index is 12.2. The van der Waals surface area contributed by atoms with Crippen LogP contribution in [0.1, 0.15) is 20.8 Å². The van der Waals surface area contributed by atoms with E-state index in [4.69, 9.17) is 5.11 Å². The number of benzene rings is 1. The molecule has 2 aromatic rings. The van der Waals surface area contributed by atoms with Crippen molar-refractivity contribution >= 4 is 33.5 Å². The van der Waals surface area contributed by atoms with Crippen molar-refractivity contribution in [1.29, 1.82) is 0 Å². The van der Waals surface area contributed by atoms with Crippen molar-refractivity contribution in [3.8, 4) is 0 Å². The van der Waals surface area contributed by atoms with Gasteiger partial charge in [-0.1, -0.05) is 12.1 Å². The van der Waals surface area contributed by atoms with Gasteiger partial charge in [0.25, 0.3) is 5.91 Å². The summed E-state index contributed by atoms with van der Waals surface area (Å²) < 4.78 is 0.760. The van der Waals surface area contributed by atoms with E-state index in [9.17, 15) is 9.59 Å². The third-order valence-corrected chi connectivity index (χ3v) is 3.14. The molecule has 0 unspecified atom stereocenters. The monoisotopic (exact) mass is 322 g/mol. The number of carbonyl (C=O) groups excluding carboxylic acids is 1. The molecule has 0 atom stereocenters. The average molecular weight is 323 g/mol. The zero-order chi connectivity index (χ0) is 14.0. The topological polar surface area (TPSA) is 73.4 Å². The average Bonchev–Trinajstić information content (AvgIpc) is 2.83. The van der Waals surface area contributed by atoms with Gasteiger partial charge in [-0.25, -0.2) is 4.79 Å². The lowest BCUT2D eigenvalue weighted by Crippen LogP contribution is -2.28. The highest BCUT2D eigenvalue weighted by Gasteiger charge is 2.19. The van der Waals surface area contributed by atoms with E-state index in [1.165, 1.54) is 11.0 Å². The Kier molecular flexibility index (Phi) is 3.71. The first-order valence-electron chi connectivity index (χ1n) is 5.45. The van der Waals surface area contributed by atoms with Crippen molar-refractivity contribution in [2.45, 2.75) is 0 Å². The molecule has 0 bridgehead atoms. The largest absolute Gasteiger partial charge is 0.478 e. The van der Waals surface area contributed by atoms with E-state index in [2.05, 4.69) is 20.9 Å². The van der Waals surface area contributed by atoms with E-state index in [0.717, 1.165) is 4.47 Å². The van der Waals surface area contributed by atoms with Crippen molar-refractivity contribution in [3.05, 3.63) is 52.3 Å². The third-order valence-electron chi connectivity index (χ3n) is 2.68. The van der Waals surface area contributed by atoms with Crippen molar-refractivity contribution < 1.29 is 14.7 Å². The van der Waals surface area contributed by atoms with E-state index in [1.807, 2.05) is 0 Å². The molecule has 0 saturated carbocycles. The number of H-pyrrole nitrogens is 1. The lowest BCUT2D eigenvalue weighted by Gasteiger charge is -2.18. The first-order valence-corrected chi connectivity index (χ1v) is 6.24. The predicted octanol–water partition coefficient (Wildman–Crippen LogP) is 2.75. The van der Waals surface area contributed by atoms with Gasteiger partial charge in [0.05, 0.1) is 11.3 Å². The highest BCUT2D eigenvalue weighted by molar-refractivity contribution is 9.10. The van der Waals surface area contributed by atoms with Crippen molar-refractivity contribution in [2.75, 3.05) is 11.9 Å². The van der Waals surface area contributed by atoms with E-state index < -0.39 is 5.97 Å². The second-order valence-electron chi connectivity index (χ2n) is 3.92. The van der Waals surface area contributed by atoms with Crippen molar-refractivity contribution in [2.24, 2.45) is 0 Å². The fraction of sp³-hybridized carbons (Fsp3) is 0.0769. The number of rotatable bonds is 3. The molecule has 2 rings (SSSR count). The van der Waals surface area contributed by atoms with Crippen LogP contribution in [0.3, 0.4) is 0 Å². The van der Waals surface area contributed by atoms with Gasteiger partial charge in [-0.2, -0.15) is 0 Å². The Hall–Kier alpha value is -2.08. The number of carbonyl (C=O) groups is 2. The maximum Gasteiger partial charge on any atom is 0.337 e. The van der Waals surface area contributed by atoms with Crippen LogP contribution in [0.15, 0.2) is 41.0 Å². The van der Waals surface area contributed by atoms with E-state index in [0.29, 0.717) is 11.4 Å². The van der Waals surface area contributed by atoms with Crippen LogP contribution in [0.5, 0.6) is 0 Å². The number of para-hydroxylation sites is 1. The molecule has 19 heavy (non-hydrogen) atoms. The summed E-state index contributed by atoms with van der Waals surface area (Å²) >= 11 is 3.25. The molecule has 0 radical (unpaired) electrons. The number of aromatic amines is 1. The molecule has 0 saturated heterocycles. The third kappa shape index (κ3) is 2.68. The SMILES string of the molecule is CN(C(=O)c1cc(Br)c[nH]1)c1ccccc1C(=O)O.